The Hall–Kier alpha value is -2.41. The number of hydrogen-bond acceptors (Lipinski definition) is 3. The van der Waals surface area contributed by atoms with E-state index in [4.69, 9.17) is 5.26 Å². The van der Waals surface area contributed by atoms with E-state index in [0.29, 0.717) is 11.5 Å². The van der Waals surface area contributed by atoms with Crippen molar-refractivity contribution in [3.05, 3.63) is 51.4 Å². The van der Waals surface area contributed by atoms with Crippen molar-refractivity contribution in [3.63, 3.8) is 0 Å². The second kappa shape index (κ2) is 4.22. The number of nitrogens with one attached hydrogen (secondary N) is 1. The van der Waals surface area contributed by atoms with Gasteiger partial charge in [-0.05, 0) is 13.8 Å². The molecule has 4 heteroatoms. The smallest absolute Gasteiger partial charge is 0.269 e. The Morgan fingerprint density at radius 2 is 1.88 bits per heavy atom. The fraction of sp³-hybridized carbons (Fsp3) is 0.154. The predicted molar refractivity (Wildman–Crippen MR) is 64.5 cm³/mol. The Bertz CT molecular complexity index is 648. The van der Waals surface area contributed by atoms with E-state index < -0.39 is 5.56 Å². The van der Waals surface area contributed by atoms with E-state index >= 15 is 0 Å². The summed E-state index contributed by atoms with van der Waals surface area (Å²) in [6, 6.07) is 9.52. The second-order valence-electron chi connectivity index (χ2n) is 3.85. The number of nitrogens with zero attached hydrogens (tertiary/aromatic N) is 2. The number of rotatable bonds is 1. The van der Waals surface area contributed by atoms with Gasteiger partial charge in [0, 0.05) is 5.56 Å². The first kappa shape index (κ1) is 11.1. The summed E-state index contributed by atoms with van der Waals surface area (Å²) in [5.41, 5.74) is 2.10. The van der Waals surface area contributed by atoms with Crippen LogP contribution in [-0.4, -0.2) is 9.97 Å². The van der Waals surface area contributed by atoms with Gasteiger partial charge in [-0.15, -0.1) is 0 Å². The largest absolute Gasteiger partial charge is 0.305 e. The Labute approximate surface area is 98.6 Å². The van der Waals surface area contributed by atoms with Gasteiger partial charge in [-0.1, -0.05) is 29.8 Å². The Morgan fingerprint density at radius 3 is 2.41 bits per heavy atom. The van der Waals surface area contributed by atoms with Gasteiger partial charge < -0.3 is 4.98 Å². The summed E-state index contributed by atoms with van der Waals surface area (Å²) >= 11 is 0. The summed E-state index contributed by atoms with van der Waals surface area (Å²) in [7, 11) is 0. The minimum absolute atomic E-state index is 0.0702. The van der Waals surface area contributed by atoms with Crippen LogP contribution in [0.25, 0.3) is 11.4 Å². The van der Waals surface area contributed by atoms with Crippen molar-refractivity contribution in [2.45, 2.75) is 13.8 Å². The maximum Gasteiger partial charge on any atom is 0.269 e. The number of benzene rings is 1. The van der Waals surface area contributed by atoms with Crippen molar-refractivity contribution < 1.29 is 0 Å². The van der Waals surface area contributed by atoms with Crippen molar-refractivity contribution in [2.24, 2.45) is 0 Å². The van der Waals surface area contributed by atoms with Crippen LogP contribution >= 0.6 is 0 Å². The Morgan fingerprint density at radius 1 is 1.24 bits per heavy atom. The zero-order valence-electron chi connectivity index (χ0n) is 9.61. The standard InChI is InChI=1S/C13H11N3O/c1-8-3-5-10(6-4-8)12-15-9(2)11(7-14)13(17)16-12/h3-6H,1-2H3,(H,15,16,17). The van der Waals surface area contributed by atoms with Gasteiger partial charge in [0.15, 0.2) is 0 Å². The summed E-state index contributed by atoms with van der Waals surface area (Å²) in [6.07, 6.45) is 0. The van der Waals surface area contributed by atoms with E-state index in [0.717, 1.165) is 11.1 Å². The third-order valence-corrected chi connectivity index (χ3v) is 2.54. The summed E-state index contributed by atoms with van der Waals surface area (Å²) in [6.45, 7) is 3.65. The summed E-state index contributed by atoms with van der Waals surface area (Å²) in [5, 5.41) is 8.79. The highest BCUT2D eigenvalue weighted by molar-refractivity contribution is 5.56. The number of aryl methyl sites for hydroxylation is 2. The molecule has 0 radical (unpaired) electrons. The lowest BCUT2D eigenvalue weighted by molar-refractivity contribution is 1.06. The Kier molecular flexibility index (Phi) is 2.75. The van der Waals surface area contributed by atoms with Crippen LogP contribution in [-0.2, 0) is 0 Å². The highest BCUT2D eigenvalue weighted by Crippen LogP contribution is 2.14. The van der Waals surface area contributed by atoms with E-state index in [1.807, 2.05) is 37.3 Å². The maximum atomic E-state index is 11.6. The van der Waals surface area contributed by atoms with Crippen LogP contribution in [0.15, 0.2) is 29.1 Å². The van der Waals surface area contributed by atoms with Gasteiger partial charge in [-0.3, -0.25) is 4.79 Å². The van der Waals surface area contributed by atoms with Crippen LogP contribution in [0.3, 0.4) is 0 Å². The fourth-order valence-corrected chi connectivity index (χ4v) is 1.57. The summed E-state index contributed by atoms with van der Waals surface area (Å²) in [4.78, 5) is 18.5. The zero-order chi connectivity index (χ0) is 12.4. The molecule has 0 atom stereocenters. The van der Waals surface area contributed by atoms with E-state index in [2.05, 4.69) is 9.97 Å². The van der Waals surface area contributed by atoms with E-state index in [1.165, 1.54) is 0 Å². The number of aromatic nitrogens is 2. The van der Waals surface area contributed by atoms with Crippen LogP contribution in [0.2, 0.25) is 0 Å². The first-order chi connectivity index (χ1) is 8.11. The van der Waals surface area contributed by atoms with Gasteiger partial charge in [0.1, 0.15) is 17.5 Å². The molecule has 0 aliphatic heterocycles. The van der Waals surface area contributed by atoms with Crippen molar-refractivity contribution >= 4 is 0 Å². The highest BCUT2D eigenvalue weighted by Gasteiger charge is 2.08. The van der Waals surface area contributed by atoms with Crippen molar-refractivity contribution in [1.82, 2.24) is 9.97 Å². The molecule has 0 amide bonds. The molecule has 84 valence electrons. The molecule has 0 fully saturated rings. The average Bonchev–Trinajstić information content (AvgIpc) is 2.29. The maximum absolute atomic E-state index is 11.6. The summed E-state index contributed by atoms with van der Waals surface area (Å²) in [5.74, 6) is 0.492. The molecule has 0 saturated heterocycles. The molecule has 0 saturated carbocycles. The highest BCUT2D eigenvalue weighted by atomic mass is 16.1. The molecule has 1 N–H and O–H groups in total. The normalized spacial score (nSPS) is 9.94. The van der Waals surface area contributed by atoms with Crippen LogP contribution in [0.1, 0.15) is 16.8 Å². The lowest BCUT2D eigenvalue weighted by atomic mass is 10.1. The molecule has 4 nitrogen and oxygen atoms in total. The quantitative estimate of drug-likeness (QED) is 0.806. The molecule has 1 aromatic carbocycles. The topological polar surface area (TPSA) is 69.5 Å². The molecule has 0 aliphatic carbocycles. The average molecular weight is 225 g/mol. The molecule has 17 heavy (non-hydrogen) atoms. The number of H-pyrrole nitrogens is 1. The molecule has 2 rings (SSSR count). The fourth-order valence-electron chi connectivity index (χ4n) is 1.57. The number of hydrogen-bond donors (Lipinski definition) is 1. The number of nitriles is 1. The van der Waals surface area contributed by atoms with Crippen molar-refractivity contribution in [2.75, 3.05) is 0 Å². The monoisotopic (exact) mass is 225 g/mol. The third-order valence-electron chi connectivity index (χ3n) is 2.54. The van der Waals surface area contributed by atoms with E-state index in [-0.39, 0.29) is 5.56 Å². The molecular formula is C13H11N3O. The van der Waals surface area contributed by atoms with E-state index in [1.54, 1.807) is 6.92 Å². The van der Waals surface area contributed by atoms with Gasteiger partial charge >= 0.3 is 0 Å². The molecule has 2 aromatic rings. The van der Waals surface area contributed by atoms with E-state index in [9.17, 15) is 4.79 Å². The molecule has 1 aromatic heterocycles. The number of aromatic amines is 1. The van der Waals surface area contributed by atoms with Gasteiger partial charge in [-0.2, -0.15) is 5.26 Å². The third kappa shape index (κ3) is 2.08. The lowest BCUT2D eigenvalue weighted by Gasteiger charge is -2.03. The van der Waals surface area contributed by atoms with Gasteiger partial charge in [0.25, 0.3) is 5.56 Å². The summed E-state index contributed by atoms with van der Waals surface area (Å²) < 4.78 is 0. The predicted octanol–water partition coefficient (Wildman–Crippen LogP) is 1.93. The SMILES string of the molecule is Cc1ccc(-c2nc(C)c(C#N)c(=O)[nH]2)cc1. The molecular weight excluding hydrogens is 214 g/mol. The lowest BCUT2D eigenvalue weighted by Crippen LogP contribution is -2.15. The minimum atomic E-state index is -0.393. The van der Waals surface area contributed by atoms with Gasteiger partial charge in [0.05, 0.1) is 5.69 Å². The molecule has 0 unspecified atom stereocenters. The molecule has 0 aliphatic rings. The van der Waals surface area contributed by atoms with Gasteiger partial charge in [0.2, 0.25) is 0 Å². The molecule has 0 bridgehead atoms. The van der Waals surface area contributed by atoms with Crippen LogP contribution in [0.4, 0.5) is 0 Å². The van der Waals surface area contributed by atoms with Gasteiger partial charge in [-0.25, -0.2) is 4.98 Å². The molecule has 0 spiro atoms. The first-order valence-corrected chi connectivity index (χ1v) is 5.20. The van der Waals surface area contributed by atoms with Crippen molar-refractivity contribution in [1.29, 1.82) is 5.26 Å². The molecule has 1 heterocycles. The zero-order valence-corrected chi connectivity index (χ0v) is 9.61. The Balaban J connectivity index is 2.59. The van der Waals surface area contributed by atoms with Crippen LogP contribution in [0, 0.1) is 25.2 Å². The van der Waals surface area contributed by atoms with Crippen LogP contribution in [0.5, 0.6) is 0 Å². The second-order valence-corrected chi connectivity index (χ2v) is 3.85. The first-order valence-electron chi connectivity index (χ1n) is 5.20. The van der Waals surface area contributed by atoms with Crippen molar-refractivity contribution in [3.8, 4) is 17.5 Å². The minimum Gasteiger partial charge on any atom is -0.305 e. The van der Waals surface area contributed by atoms with Crippen LogP contribution < -0.4 is 5.56 Å².